The van der Waals surface area contributed by atoms with Gasteiger partial charge in [0.25, 0.3) is 0 Å². The highest BCUT2D eigenvalue weighted by molar-refractivity contribution is 5.28. The monoisotopic (exact) mass is 277 g/mol. The second-order valence-corrected chi connectivity index (χ2v) is 5.55. The first-order valence-electron chi connectivity index (χ1n) is 7.72. The van der Waals surface area contributed by atoms with E-state index in [9.17, 15) is 0 Å². The third kappa shape index (κ3) is 3.40. The quantitative estimate of drug-likeness (QED) is 0.777. The van der Waals surface area contributed by atoms with Gasteiger partial charge >= 0.3 is 0 Å². The molecule has 2 rings (SSSR count). The Hall–Kier alpha value is -0.900. The molecule has 0 saturated carbocycles. The fourth-order valence-corrected chi connectivity index (χ4v) is 3.21. The molecule has 0 radical (unpaired) electrons. The topological polar surface area (TPSA) is 30.5 Å². The summed E-state index contributed by atoms with van der Waals surface area (Å²) in [6.07, 6.45) is 3.17. The minimum Gasteiger partial charge on any atom is -0.381 e. The van der Waals surface area contributed by atoms with Gasteiger partial charge in [-0.15, -0.1) is 0 Å². The normalized spacial score (nSPS) is 19.7. The maximum Gasteiger partial charge on any atom is 0.0628 e. The number of rotatable bonds is 7. The molecule has 112 valence electrons. The van der Waals surface area contributed by atoms with Crippen LogP contribution in [0.5, 0.6) is 0 Å². The maximum atomic E-state index is 5.83. The van der Waals surface area contributed by atoms with Crippen LogP contribution < -0.4 is 5.32 Å². The first-order chi connectivity index (χ1) is 9.83. The minimum absolute atomic E-state index is 0.127. The third-order valence-corrected chi connectivity index (χ3v) is 4.38. The zero-order chi connectivity index (χ0) is 14.3. The summed E-state index contributed by atoms with van der Waals surface area (Å²) in [6, 6.07) is 11.2. The van der Waals surface area contributed by atoms with Gasteiger partial charge < -0.3 is 14.8 Å². The Bertz CT molecular complexity index is 374. The Kier molecular flexibility index (Phi) is 6.02. The number of hydrogen-bond donors (Lipinski definition) is 1. The van der Waals surface area contributed by atoms with E-state index in [4.69, 9.17) is 9.47 Å². The van der Waals surface area contributed by atoms with Crippen molar-refractivity contribution in [2.75, 3.05) is 33.5 Å². The Morgan fingerprint density at radius 3 is 2.55 bits per heavy atom. The smallest absolute Gasteiger partial charge is 0.0628 e. The van der Waals surface area contributed by atoms with Gasteiger partial charge in [-0.25, -0.2) is 0 Å². The molecule has 0 bridgehead atoms. The van der Waals surface area contributed by atoms with Crippen molar-refractivity contribution in [3.05, 3.63) is 35.9 Å². The summed E-state index contributed by atoms with van der Waals surface area (Å²) in [6.45, 7) is 5.41. The van der Waals surface area contributed by atoms with Crippen molar-refractivity contribution in [1.29, 1.82) is 0 Å². The van der Waals surface area contributed by atoms with Gasteiger partial charge in [0.1, 0.15) is 0 Å². The van der Waals surface area contributed by atoms with Gasteiger partial charge in [0.05, 0.1) is 6.61 Å². The van der Waals surface area contributed by atoms with E-state index in [0.29, 0.717) is 6.04 Å². The summed E-state index contributed by atoms with van der Waals surface area (Å²) in [5.74, 6) is 0. The molecule has 0 amide bonds. The maximum absolute atomic E-state index is 5.83. The van der Waals surface area contributed by atoms with Gasteiger partial charge in [-0.3, -0.25) is 0 Å². The van der Waals surface area contributed by atoms with Gasteiger partial charge in [0.15, 0.2) is 0 Å². The summed E-state index contributed by atoms with van der Waals surface area (Å²) >= 11 is 0. The molecule has 0 aromatic heterocycles. The van der Waals surface area contributed by atoms with Crippen molar-refractivity contribution in [2.45, 2.75) is 37.6 Å². The molecule has 1 aliphatic heterocycles. The summed E-state index contributed by atoms with van der Waals surface area (Å²) in [5.41, 5.74) is 1.53. The number of hydrogen-bond acceptors (Lipinski definition) is 3. The summed E-state index contributed by atoms with van der Waals surface area (Å²) in [4.78, 5) is 0. The van der Waals surface area contributed by atoms with Crippen LogP contribution in [0.25, 0.3) is 0 Å². The lowest BCUT2D eigenvalue weighted by Crippen LogP contribution is -2.52. The highest BCUT2D eigenvalue weighted by atomic mass is 16.5. The first-order valence-corrected chi connectivity index (χ1v) is 7.72. The molecule has 1 saturated heterocycles. The lowest BCUT2D eigenvalue weighted by Gasteiger charge is -2.44. The van der Waals surface area contributed by atoms with Crippen molar-refractivity contribution in [1.82, 2.24) is 5.32 Å². The van der Waals surface area contributed by atoms with Crippen LogP contribution in [0.1, 0.15) is 31.7 Å². The van der Waals surface area contributed by atoms with Gasteiger partial charge in [-0.05, 0) is 31.9 Å². The summed E-state index contributed by atoms with van der Waals surface area (Å²) in [5, 5.41) is 3.49. The fraction of sp³-hybridized carbons (Fsp3) is 0.647. The van der Waals surface area contributed by atoms with Gasteiger partial charge in [0.2, 0.25) is 0 Å². The minimum atomic E-state index is 0.127. The molecule has 3 nitrogen and oxygen atoms in total. The Labute approximate surface area is 122 Å². The summed E-state index contributed by atoms with van der Waals surface area (Å²) in [7, 11) is 2.04. The van der Waals surface area contributed by atoms with Crippen LogP contribution in [-0.4, -0.2) is 39.5 Å². The number of nitrogens with one attached hydrogen (secondary N) is 1. The van der Waals surface area contributed by atoms with Crippen LogP contribution in [0.4, 0.5) is 0 Å². The molecule has 20 heavy (non-hydrogen) atoms. The predicted octanol–water partition coefficient (Wildman–Crippen LogP) is 2.75. The van der Waals surface area contributed by atoms with Crippen molar-refractivity contribution in [2.24, 2.45) is 0 Å². The van der Waals surface area contributed by atoms with Crippen LogP contribution in [0.2, 0.25) is 0 Å². The van der Waals surface area contributed by atoms with E-state index < -0.39 is 0 Å². The molecule has 0 spiro atoms. The van der Waals surface area contributed by atoms with Crippen molar-refractivity contribution >= 4 is 0 Å². The van der Waals surface area contributed by atoms with E-state index in [0.717, 1.165) is 45.7 Å². The molecule has 1 atom stereocenters. The Morgan fingerprint density at radius 2 is 1.95 bits per heavy atom. The molecule has 1 aliphatic rings. The number of ether oxygens (including phenoxy) is 2. The Balaban J connectivity index is 2.21. The molecule has 0 aliphatic carbocycles. The van der Waals surface area contributed by atoms with Crippen LogP contribution in [0.15, 0.2) is 30.3 Å². The van der Waals surface area contributed by atoms with Gasteiger partial charge in [0, 0.05) is 31.3 Å². The number of benzene rings is 1. The highest BCUT2D eigenvalue weighted by Gasteiger charge is 2.41. The van der Waals surface area contributed by atoms with Crippen LogP contribution >= 0.6 is 0 Å². The van der Waals surface area contributed by atoms with Crippen molar-refractivity contribution in [3.8, 4) is 0 Å². The molecule has 1 aromatic carbocycles. The van der Waals surface area contributed by atoms with Crippen LogP contribution in [0.3, 0.4) is 0 Å². The third-order valence-electron chi connectivity index (χ3n) is 4.38. The molecule has 1 unspecified atom stereocenters. The van der Waals surface area contributed by atoms with Gasteiger partial charge in [-0.1, -0.05) is 37.3 Å². The van der Waals surface area contributed by atoms with E-state index in [2.05, 4.69) is 42.6 Å². The van der Waals surface area contributed by atoms with Crippen LogP contribution in [0, 0.1) is 0 Å². The molecule has 1 N–H and O–H groups in total. The predicted molar refractivity (Wildman–Crippen MR) is 82.1 cm³/mol. The number of likely N-dealkylation sites (N-methyl/N-ethyl adjacent to an activating group) is 1. The van der Waals surface area contributed by atoms with E-state index in [1.165, 1.54) is 5.56 Å². The lowest BCUT2D eigenvalue weighted by molar-refractivity contribution is 0.0116. The SMILES string of the molecule is CCCOCC(NC)C1(c2ccccc2)CCOCC1. The molecule has 1 heterocycles. The van der Waals surface area contributed by atoms with E-state index in [1.807, 2.05) is 7.05 Å². The fourth-order valence-electron chi connectivity index (χ4n) is 3.21. The van der Waals surface area contributed by atoms with Crippen molar-refractivity contribution in [3.63, 3.8) is 0 Å². The average Bonchev–Trinajstić information content (AvgIpc) is 2.53. The zero-order valence-electron chi connectivity index (χ0n) is 12.7. The van der Waals surface area contributed by atoms with Gasteiger partial charge in [-0.2, -0.15) is 0 Å². The second-order valence-electron chi connectivity index (χ2n) is 5.55. The zero-order valence-corrected chi connectivity index (χ0v) is 12.7. The van der Waals surface area contributed by atoms with Crippen molar-refractivity contribution < 1.29 is 9.47 Å². The second kappa shape index (κ2) is 7.77. The van der Waals surface area contributed by atoms with E-state index in [-0.39, 0.29) is 5.41 Å². The molecule has 1 aromatic rings. The Morgan fingerprint density at radius 1 is 1.25 bits per heavy atom. The molecule has 3 heteroatoms. The first kappa shape index (κ1) is 15.5. The lowest BCUT2D eigenvalue weighted by atomic mass is 9.69. The average molecular weight is 277 g/mol. The standard InChI is InChI=1S/C17H27NO2/c1-3-11-20-14-16(18-2)17(9-12-19-13-10-17)15-7-5-4-6-8-15/h4-8,16,18H,3,9-14H2,1-2H3. The van der Waals surface area contributed by atoms with Crippen LogP contribution in [-0.2, 0) is 14.9 Å². The van der Waals surface area contributed by atoms with E-state index in [1.54, 1.807) is 0 Å². The summed E-state index contributed by atoms with van der Waals surface area (Å²) < 4.78 is 11.4. The molecule has 1 fully saturated rings. The van der Waals surface area contributed by atoms with E-state index >= 15 is 0 Å². The molecular formula is C17H27NO2. The largest absolute Gasteiger partial charge is 0.381 e. The molecular weight excluding hydrogens is 250 g/mol. The highest BCUT2D eigenvalue weighted by Crippen LogP contribution is 2.38.